The molecule has 0 spiro atoms. The quantitative estimate of drug-likeness (QED) is 0.493. The molecule has 0 fully saturated rings. The zero-order valence-corrected chi connectivity index (χ0v) is 6.67. The van der Waals surface area contributed by atoms with Crippen LogP contribution in [-0.4, -0.2) is 7.85 Å². The molecule has 0 saturated carbocycles. The molecule has 0 saturated heterocycles. The van der Waals surface area contributed by atoms with Crippen molar-refractivity contribution in [1.82, 2.24) is 0 Å². The van der Waals surface area contributed by atoms with E-state index in [1.165, 1.54) is 0 Å². The molecule has 0 aliphatic heterocycles. The van der Waals surface area contributed by atoms with Gasteiger partial charge in [0.05, 0.1) is 5.02 Å². The van der Waals surface area contributed by atoms with Crippen molar-refractivity contribution in [3.8, 4) is 0 Å². The van der Waals surface area contributed by atoms with Crippen LogP contribution in [-0.2, 0) is 0 Å². The Labute approximate surface area is 65.4 Å². The Bertz CT molecular complexity index is 233. The molecule has 3 heteroatoms. The average Bonchev–Trinajstić information content (AvgIpc) is 1.93. The summed E-state index contributed by atoms with van der Waals surface area (Å²) >= 11 is 5.51. The van der Waals surface area contributed by atoms with Crippen molar-refractivity contribution in [2.45, 2.75) is 6.92 Å². The van der Waals surface area contributed by atoms with Crippen LogP contribution in [0.5, 0.6) is 0 Å². The fraction of sp³-hybridized carbons (Fsp3) is 0.143. The van der Waals surface area contributed by atoms with Gasteiger partial charge in [-0.05, 0) is 18.6 Å². The molecule has 0 aliphatic carbocycles. The lowest BCUT2D eigenvalue weighted by Gasteiger charge is -2.01. The van der Waals surface area contributed by atoms with Crippen molar-refractivity contribution >= 4 is 24.9 Å². The average molecular weight is 156 g/mol. The van der Waals surface area contributed by atoms with Gasteiger partial charge in [-0.2, -0.15) is 0 Å². The summed E-state index contributed by atoms with van der Waals surface area (Å²) in [5, 5.41) is 0.197. The van der Waals surface area contributed by atoms with Crippen LogP contribution in [0.2, 0.25) is 5.02 Å². The molecule has 0 amide bonds. The van der Waals surface area contributed by atoms with Crippen LogP contribution < -0.4 is 5.46 Å². The van der Waals surface area contributed by atoms with Gasteiger partial charge in [-0.3, -0.25) is 0 Å². The van der Waals surface area contributed by atoms with E-state index in [4.69, 9.17) is 11.6 Å². The first-order chi connectivity index (χ1) is 4.63. The molecular weight excluding hydrogens is 149 g/mol. The fourth-order valence-electron chi connectivity index (χ4n) is 0.749. The van der Waals surface area contributed by atoms with E-state index in [9.17, 15) is 4.39 Å². The minimum Gasteiger partial charge on any atom is -0.205 e. The van der Waals surface area contributed by atoms with Gasteiger partial charge < -0.3 is 0 Å². The van der Waals surface area contributed by atoms with E-state index in [-0.39, 0.29) is 10.8 Å². The second-order valence-corrected chi connectivity index (χ2v) is 2.71. The Balaban J connectivity index is 3.34. The third kappa shape index (κ3) is 1.17. The maximum absolute atomic E-state index is 12.9. The van der Waals surface area contributed by atoms with Gasteiger partial charge in [0.25, 0.3) is 0 Å². The molecule has 0 radical (unpaired) electrons. The molecule has 0 aromatic heterocycles. The molecule has 1 aromatic rings. The lowest BCUT2D eigenvalue weighted by molar-refractivity contribution is 0.620. The Morgan fingerprint density at radius 3 is 2.60 bits per heavy atom. The van der Waals surface area contributed by atoms with Crippen LogP contribution in [0, 0.1) is 12.7 Å². The summed E-state index contributed by atoms with van der Waals surface area (Å²) in [6.07, 6.45) is 0. The van der Waals surface area contributed by atoms with E-state index in [0.29, 0.717) is 5.56 Å². The molecule has 0 bridgehead atoms. The standard InChI is InChI=1S/C7H7BClF/c1-4-5(8)2-3-6(9)7(4)10/h2-3H,8H2,1H3. The van der Waals surface area contributed by atoms with Gasteiger partial charge in [-0.1, -0.05) is 23.1 Å². The second kappa shape index (κ2) is 2.63. The fourth-order valence-corrected chi connectivity index (χ4v) is 0.953. The highest BCUT2D eigenvalue weighted by atomic mass is 35.5. The molecule has 10 heavy (non-hydrogen) atoms. The Kier molecular flexibility index (Phi) is 2.00. The highest BCUT2D eigenvalue weighted by Crippen LogP contribution is 2.14. The van der Waals surface area contributed by atoms with Crippen LogP contribution >= 0.6 is 11.6 Å². The summed E-state index contributed by atoms with van der Waals surface area (Å²) < 4.78 is 12.9. The molecule has 0 heterocycles. The van der Waals surface area contributed by atoms with Gasteiger partial charge >= 0.3 is 0 Å². The van der Waals surface area contributed by atoms with Gasteiger partial charge in [0.1, 0.15) is 13.7 Å². The predicted molar refractivity (Wildman–Crippen MR) is 44.3 cm³/mol. The zero-order chi connectivity index (χ0) is 7.72. The second-order valence-electron chi connectivity index (χ2n) is 2.30. The molecule has 0 atom stereocenters. The number of halogens is 2. The van der Waals surface area contributed by atoms with Gasteiger partial charge in [0, 0.05) is 0 Å². The molecule has 0 aliphatic rings. The third-order valence-corrected chi connectivity index (χ3v) is 1.90. The van der Waals surface area contributed by atoms with E-state index < -0.39 is 0 Å². The zero-order valence-electron chi connectivity index (χ0n) is 5.91. The summed E-state index contributed by atoms with van der Waals surface area (Å²) in [6, 6.07) is 3.37. The van der Waals surface area contributed by atoms with Crippen molar-refractivity contribution in [3.05, 3.63) is 28.5 Å². The first-order valence-electron chi connectivity index (χ1n) is 3.04. The molecular formula is C7H7BClF. The predicted octanol–water partition coefficient (Wildman–Crippen LogP) is 1.05. The van der Waals surface area contributed by atoms with Crippen LogP contribution in [0.15, 0.2) is 12.1 Å². The first-order valence-corrected chi connectivity index (χ1v) is 3.42. The highest BCUT2D eigenvalue weighted by molar-refractivity contribution is 6.35. The van der Waals surface area contributed by atoms with Crippen LogP contribution in [0.4, 0.5) is 4.39 Å². The van der Waals surface area contributed by atoms with Gasteiger partial charge in [-0.25, -0.2) is 4.39 Å². The first kappa shape index (κ1) is 7.61. The van der Waals surface area contributed by atoms with E-state index in [1.54, 1.807) is 19.1 Å². The van der Waals surface area contributed by atoms with Crippen molar-refractivity contribution in [2.75, 3.05) is 0 Å². The topological polar surface area (TPSA) is 0 Å². The van der Waals surface area contributed by atoms with Crippen molar-refractivity contribution in [3.63, 3.8) is 0 Å². The molecule has 0 unspecified atom stereocenters. The number of benzene rings is 1. The van der Waals surface area contributed by atoms with Crippen molar-refractivity contribution in [2.24, 2.45) is 0 Å². The van der Waals surface area contributed by atoms with Crippen molar-refractivity contribution in [1.29, 1.82) is 0 Å². The lowest BCUT2D eigenvalue weighted by atomic mass is 9.91. The van der Waals surface area contributed by atoms with E-state index in [1.807, 2.05) is 7.85 Å². The molecule has 1 aromatic carbocycles. The number of hydrogen-bond donors (Lipinski definition) is 0. The maximum atomic E-state index is 12.9. The molecule has 52 valence electrons. The SMILES string of the molecule is Bc1ccc(Cl)c(F)c1C. The smallest absolute Gasteiger partial charge is 0.144 e. The van der Waals surface area contributed by atoms with Crippen LogP contribution in [0.1, 0.15) is 5.56 Å². The minimum atomic E-state index is -0.304. The van der Waals surface area contributed by atoms with Gasteiger partial charge in [0.15, 0.2) is 0 Å². The summed E-state index contributed by atoms with van der Waals surface area (Å²) in [5.41, 5.74) is 1.56. The van der Waals surface area contributed by atoms with E-state index in [0.717, 1.165) is 5.46 Å². The van der Waals surface area contributed by atoms with Crippen LogP contribution in [0.3, 0.4) is 0 Å². The summed E-state index contributed by atoms with van der Waals surface area (Å²) in [7, 11) is 1.86. The summed E-state index contributed by atoms with van der Waals surface area (Å²) in [4.78, 5) is 0. The normalized spacial score (nSPS) is 9.90. The molecule has 1 rings (SSSR count). The van der Waals surface area contributed by atoms with Gasteiger partial charge in [-0.15, -0.1) is 0 Å². The summed E-state index contributed by atoms with van der Waals surface area (Å²) in [6.45, 7) is 1.72. The Morgan fingerprint density at radius 2 is 2.10 bits per heavy atom. The Morgan fingerprint density at radius 1 is 1.50 bits per heavy atom. The number of rotatable bonds is 0. The minimum absolute atomic E-state index is 0.197. The molecule has 0 nitrogen and oxygen atoms in total. The summed E-state index contributed by atoms with van der Waals surface area (Å²) in [5.74, 6) is -0.304. The van der Waals surface area contributed by atoms with E-state index in [2.05, 4.69) is 0 Å². The highest BCUT2D eigenvalue weighted by Gasteiger charge is 2.03. The number of hydrogen-bond acceptors (Lipinski definition) is 0. The van der Waals surface area contributed by atoms with Gasteiger partial charge in [0.2, 0.25) is 0 Å². The molecule has 0 N–H and O–H groups in total. The van der Waals surface area contributed by atoms with E-state index >= 15 is 0 Å². The monoisotopic (exact) mass is 156 g/mol. The Hall–Kier alpha value is -0.495. The largest absolute Gasteiger partial charge is 0.205 e. The third-order valence-electron chi connectivity index (χ3n) is 1.61. The van der Waals surface area contributed by atoms with Crippen molar-refractivity contribution < 1.29 is 4.39 Å². The lowest BCUT2D eigenvalue weighted by Crippen LogP contribution is -2.08. The maximum Gasteiger partial charge on any atom is 0.144 e. The van der Waals surface area contributed by atoms with Crippen LogP contribution in [0.25, 0.3) is 0 Å².